The Hall–Kier alpha value is -2.70. The monoisotopic (exact) mass is 263 g/mol. The van der Waals surface area contributed by atoms with Gasteiger partial charge in [-0.05, 0) is 18.2 Å². The van der Waals surface area contributed by atoms with E-state index >= 15 is 0 Å². The second kappa shape index (κ2) is 5.30. The van der Waals surface area contributed by atoms with Crippen LogP contribution < -0.4 is 10.1 Å². The van der Waals surface area contributed by atoms with Crippen LogP contribution in [-0.2, 0) is 0 Å². The van der Waals surface area contributed by atoms with Crippen molar-refractivity contribution >= 4 is 11.5 Å². The average Bonchev–Trinajstić information content (AvgIpc) is 2.38. The molecule has 0 aliphatic rings. The number of pyridine rings is 1. The fourth-order valence-electron chi connectivity index (χ4n) is 1.43. The van der Waals surface area contributed by atoms with Crippen molar-refractivity contribution in [2.24, 2.45) is 0 Å². The van der Waals surface area contributed by atoms with Gasteiger partial charge < -0.3 is 10.1 Å². The van der Waals surface area contributed by atoms with Gasteiger partial charge in [0, 0.05) is 19.2 Å². The van der Waals surface area contributed by atoms with Crippen LogP contribution in [0.4, 0.5) is 15.9 Å². The van der Waals surface area contributed by atoms with Gasteiger partial charge in [-0.2, -0.15) is 4.98 Å². The maximum absolute atomic E-state index is 13.0. The fourth-order valence-corrected chi connectivity index (χ4v) is 1.43. The summed E-state index contributed by atoms with van der Waals surface area (Å²) in [5.41, 5.74) is -0.289. The zero-order valence-electron chi connectivity index (χ0n) is 9.96. The van der Waals surface area contributed by atoms with Crippen LogP contribution in [-0.4, -0.2) is 17.0 Å². The number of hydrogen-bond acceptors (Lipinski definition) is 5. The largest absolute Gasteiger partial charge is 0.434 e. The smallest absolute Gasteiger partial charge is 0.331 e. The Morgan fingerprint density at radius 3 is 2.79 bits per heavy atom. The SMILES string of the molecule is CNc1ccc([N+](=O)[O-])c(Oc2cccc(F)c2)n1. The van der Waals surface area contributed by atoms with Gasteiger partial charge in [-0.15, -0.1) is 0 Å². The Morgan fingerprint density at radius 1 is 1.37 bits per heavy atom. The minimum Gasteiger partial charge on any atom is -0.434 e. The first-order chi connectivity index (χ1) is 9.10. The molecule has 0 amide bonds. The minimum atomic E-state index is -0.610. The van der Waals surface area contributed by atoms with Crippen LogP contribution in [0.25, 0.3) is 0 Å². The lowest BCUT2D eigenvalue weighted by Gasteiger charge is -2.07. The summed E-state index contributed by atoms with van der Waals surface area (Å²) in [7, 11) is 1.63. The van der Waals surface area contributed by atoms with Gasteiger partial charge in [0.25, 0.3) is 0 Å². The maximum Gasteiger partial charge on any atom is 0.331 e. The molecule has 2 rings (SSSR count). The van der Waals surface area contributed by atoms with Crippen LogP contribution in [0.1, 0.15) is 0 Å². The molecule has 0 bridgehead atoms. The zero-order chi connectivity index (χ0) is 13.8. The van der Waals surface area contributed by atoms with Gasteiger partial charge >= 0.3 is 11.6 Å². The normalized spacial score (nSPS) is 10.0. The first-order valence-electron chi connectivity index (χ1n) is 5.37. The molecule has 0 unspecified atom stereocenters. The molecule has 1 heterocycles. The van der Waals surface area contributed by atoms with E-state index in [0.29, 0.717) is 5.82 Å². The van der Waals surface area contributed by atoms with E-state index in [1.807, 2.05) is 0 Å². The minimum absolute atomic E-state index is 0.142. The molecule has 0 saturated carbocycles. The van der Waals surface area contributed by atoms with Gasteiger partial charge in [-0.3, -0.25) is 10.1 Å². The van der Waals surface area contributed by atoms with E-state index in [9.17, 15) is 14.5 Å². The highest BCUT2D eigenvalue weighted by Crippen LogP contribution is 2.30. The molecule has 0 radical (unpaired) electrons. The highest BCUT2D eigenvalue weighted by atomic mass is 19.1. The summed E-state index contributed by atoms with van der Waals surface area (Å²) in [6.45, 7) is 0. The van der Waals surface area contributed by atoms with Crippen LogP contribution in [0.3, 0.4) is 0 Å². The molecule has 0 aliphatic carbocycles. The quantitative estimate of drug-likeness (QED) is 0.677. The van der Waals surface area contributed by atoms with Crippen LogP contribution >= 0.6 is 0 Å². The van der Waals surface area contributed by atoms with E-state index in [-0.39, 0.29) is 17.3 Å². The second-order valence-corrected chi connectivity index (χ2v) is 3.59. The molecule has 0 spiro atoms. The Morgan fingerprint density at radius 2 is 2.16 bits per heavy atom. The molecular formula is C12H10FN3O3. The third-order valence-corrected chi connectivity index (χ3v) is 2.30. The summed E-state index contributed by atoms with van der Waals surface area (Å²) in [5.74, 6) is -0.131. The number of nitrogens with one attached hydrogen (secondary N) is 1. The molecule has 19 heavy (non-hydrogen) atoms. The number of anilines is 1. The summed E-state index contributed by atoms with van der Waals surface area (Å²) >= 11 is 0. The van der Waals surface area contributed by atoms with E-state index in [1.54, 1.807) is 7.05 Å². The third kappa shape index (κ3) is 2.95. The van der Waals surface area contributed by atoms with Gasteiger partial charge in [0.2, 0.25) is 0 Å². The van der Waals surface area contributed by atoms with Crippen molar-refractivity contribution in [3.63, 3.8) is 0 Å². The third-order valence-electron chi connectivity index (χ3n) is 2.30. The molecule has 0 saturated heterocycles. The standard InChI is InChI=1S/C12H10FN3O3/c1-14-11-6-5-10(16(17)18)12(15-11)19-9-4-2-3-8(13)7-9/h2-7H,1H3,(H,14,15). The van der Waals surface area contributed by atoms with Gasteiger partial charge in [0.1, 0.15) is 17.4 Å². The lowest BCUT2D eigenvalue weighted by atomic mass is 10.3. The predicted molar refractivity (Wildman–Crippen MR) is 66.9 cm³/mol. The number of rotatable bonds is 4. The predicted octanol–water partition coefficient (Wildman–Crippen LogP) is 2.96. The van der Waals surface area contributed by atoms with Crippen molar-refractivity contribution in [1.29, 1.82) is 0 Å². The molecule has 0 fully saturated rings. The Kier molecular flexibility index (Phi) is 3.56. The molecule has 1 aromatic heterocycles. The number of benzene rings is 1. The van der Waals surface area contributed by atoms with Crippen molar-refractivity contribution < 1.29 is 14.1 Å². The summed E-state index contributed by atoms with van der Waals surface area (Å²) in [5, 5.41) is 13.6. The Labute approximate surface area is 108 Å². The van der Waals surface area contributed by atoms with E-state index < -0.39 is 10.7 Å². The topological polar surface area (TPSA) is 77.3 Å². The fraction of sp³-hybridized carbons (Fsp3) is 0.0833. The Bertz CT molecular complexity index is 619. The molecule has 7 heteroatoms. The zero-order valence-corrected chi connectivity index (χ0v) is 9.96. The number of aromatic nitrogens is 1. The molecule has 1 aromatic carbocycles. The van der Waals surface area contributed by atoms with Crippen LogP contribution in [0, 0.1) is 15.9 Å². The number of nitro groups is 1. The highest BCUT2D eigenvalue weighted by molar-refractivity contribution is 5.50. The molecule has 0 aliphatic heterocycles. The highest BCUT2D eigenvalue weighted by Gasteiger charge is 2.18. The molecule has 2 aromatic rings. The number of hydrogen-bond donors (Lipinski definition) is 1. The van der Waals surface area contributed by atoms with Gasteiger partial charge in [-0.25, -0.2) is 4.39 Å². The Balaban J connectivity index is 2.39. The van der Waals surface area contributed by atoms with Crippen molar-refractivity contribution in [3.05, 3.63) is 52.3 Å². The first kappa shape index (κ1) is 12.7. The molecule has 6 nitrogen and oxygen atoms in total. The second-order valence-electron chi connectivity index (χ2n) is 3.59. The van der Waals surface area contributed by atoms with Crippen LogP contribution in [0.15, 0.2) is 36.4 Å². The van der Waals surface area contributed by atoms with Crippen LogP contribution in [0.5, 0.6) is 11.6 Å². The lowest BCUT2D eigenvalue weighted by molar-refractivity contribution is -0.386. The first-order valence-corrected chi connectivity index (χ1v) is 5.37. The van der Waals surface area contributed by atoms with Gasteiger partial charge in [0.05, 0.1) is 4.92 Å². The van der Waals surface area contributed by atoms with Crippen LogP contribution in [0.2, 0.25) is 0 Å². The number of nitrogens with zero attached hydrogens (tertiary/aromatic N) is 2. The van der Waals surface area contributed by atoms with Crippen molar-refractivity contribution in [1.82, 2.24) is 4.98 Å². The summed E-state index contributed by atoms with van der Waals surface area (Å²) in [6, 6.07) is 8.03. The van der Waals surface area contributed by atoms with Crippen molar-refractivity contribution in [2.45, 2.75) is 0 Å². The van der Waals surface area contributed by atoms with E-state index in [2.05, 4.69) is 10.3 Å². The van der Waals surface area contributed by atoms with E-state index in [0.717, 1.165) is 6.07 Å². The number of ether oxygens (including phenoxy) is 1. The summed E-state index contributed by atoms with van der Waals surface area (Å²) < 4.78 is 18.3. The molecular weight excluding hydrogens is 253 g/mol. The molecule has 0 atom stereocenters. The lowest BCUT2D eigenvalue weighted by Crippen LogP contribution is -1.99. The molecule has 1 N–H and O–H groups in total. The van der Waals surface area contributed by atoms with Crippen molar-refractivity contribution in [2.75, 3.05) is 12.4 Å². The summed E-state index contributed by atoms with van der Waals surface area (Å²) in [6.07, 6.45) is 0. The maximum atomic E-state index is 13.0. The van der Waals surface area contributed by atoms with Gasteiger partial charge in [0.15, 0.2) is 0 Å². The van der Waals surface area contributed by atoms with Crippen molar-refractivity contribution in [3.8, 4) is 11.6 Å². The number of halogens is 1. The molecule has 98 valence electrons. The van der Waals surface area contributed by atoms with Gasteiger partial charge in [-0.1, -0.05) is 6.07 Å². The summed E-state index contributed by atoms with van der Waals surface area (Å²) in [4.78, 5) is 14.2. The average molecular weight is 263 g/mol. The van der Waals surface area contributed by atoms with E-state index in [4.69, 9.17) is 4.74 Å². The van der Waals surface area contributed by atoms with E-state index in [1.165, 1.54) is 30.3 Å².